The number of benzene rings is 2. The second kappa shape index (κ2) is 9.90. The number of aromatic carboxylic acids is 1. The van der Waals surface area contributed by atoms with Crippen LogP contribution in [0.4, 0.5) is 16.2 Å². The molecule has 1 aliphatic rings. The molecule has 1 saturated heterocycles. The molecule has 0 aliphatic carbocycles. The van der Waals surface area contributed by atoms with Crippen molar-refractivity contribution in [3.63, 3.8) is 0 Å². The Morgan fingerprint density at radius 3 is 2.21 bits per heavy atom. The quantitative estimate of drug-likeness (QED) is 0.584. The maximum Gasteiger partial charge on any atom is 0.409 e. The highest BCUT2D eigenvalue weighted by molar-refractivity contribution is 7.92. The number of sulfonamides is 1. The maximum atomic E-state index is 12.7. The number of Topliss-reactive ketones (excluding diaryl/α,β-unsaturated/α-hetero) is 1. The average Bonchev–Trinajstić information content (AvgIpc) is 2.79. The number of piperazine rings is 1. The normalized spacial score (nSPS) is 14.0. The maximum absolute atomic E-state index is 12.7. The number of carbonyl (C=O) groups excluding carboxylic acids is 2. The molecule has 0 aromatic heterocycles. The monoisotopic (exact) mass is 475 g/mol. The van der Waals surface area contributed by atoms with Gasteiger partial charge in [0.15, 0.2) is 5.78 Å². The van der Waals surface area contributed by atoms with Gasteiger partial charge < -0.3 is 19.6 Å². The van der Waals surface area contributed by atoms with E-state index in [0.717, 1.165) is 0 Å². The second-order valence-corrected chi connectivity index (χ2v) is 9.08. The molecule has 0 bridgehead atoms. The number of anilines is 2. The van der Waals surface area contributed by atoms with Gasteiger partial charge in [-0.15, -0.1) is 0 Å². The fraction of sp³-hybridized carbons (Fsp3) is 0.318. The SMILES string of the molecule is CCOC(=O)N1CCN(c2ccc(NS(=O)(=O)c3ccc(C(C)=O)cc3)cc2C(=O)O)CC1. The molecule has 2 aromatic carbocycles. The number of ether oxygens (including phenoxy) is 1. The Morgan fingerprint density at radius 1 is 1.03 bits per heavy atom. The van der Waals surface area contributed by atoms with Gasteiger partial charge in [-0.05, 0) is 44.2 Å². The van der Waals surface area contributed by atoms with Crippen molar-refractivity contribution >= 4 is 39.2 Å². The minimum absolute atomic E-state index is 0.0523. The minimum atomic E-state index is -3.98. The Balaban J connectivity index is 1.78. The van der Waals surface area contributed by atoms with Crippen molar-refractivity contribution in [2.75, 3.05) is 42.4 Å². The molecule has 33 heavy (non-hydrogen) atoms. The first-order valence-electron chi connectivity index (χ1n) is 10.3. The van der Waals surface area contributed by atoms with Gasteiger partial charge in [-0.1, -0.05) is 12.1 Å². The van der Waals surface area contributed by atoms with E-state index in [9.17, 15) is 27.9 Å². The molecule has 1 heterocycles. The molecule has 0 spiro atoms. The summed E-state index contributed by atoms with van der Waals surface area (Å²) in [4.78, 5) is 38.5. The van der Waals surface area contributed by atoms with Crippen molar-refractivity contribution in [3.8, 4) is 0 Å². The molecule has 3 rings (SSSR count). The van der Waals surface area contributed by atoms with Crippen LogP contribution in [-0.2, 0) is 14.8 Å². The lowest BCUT2D eigenvalue weighted by Crippen LogP contribution is -2.49. The third kappa shape index (κ3) is 5.61. The van der Waals surface area contributed by atoms with Gasteiger partial charge in [0, 0.05) is 37.4 Å². The summed E-state index contributed by atoms with van der Waals surface area (Å²) in [7, 11) is -3.98. The first kappa shape index (κ1) is 24.1. The molecule has 0 atom stereocenters. The zero-order valence-electron chi connectivity index (χ0n) is 18.3. The first-order chi connectivity index (χ1) is 15.6. The number of hydrogen-bond donors (Lipinski definition) is 2. The number of ketones is 1. The molecule has 10 nitrogen and oxygen atoms in total. The van der Waals surface area contributed by atoms with Crippen molar-refractivity contribution in [3.05, 3.63) is 53.6 Å². The molecule has 1 amide bonds. The van der Waals surface area contributed by atoms with E-state index in [2.05, 4.69) is 4.72 Å². The molecular formula is C22H25N3O7S. The average molecular weight is 476 g/mol. The molecule has 11 heteroatoms. The number of rotatable bonds is 7. The molecule has 1 aliphatic heterocycles. The van der Waals surface area contributed by atoms with E-state index in [1.54, 1.807) is 17.9 Å². The molecular weight excluding hydrogens is 450 g/mol. The summed E-state index contributed by atoms with van der Waals surface area (Å²) < 4.78 is 32.8. The Kier molecular flexibility index (Phi) is 7.22. The van der Waals surface area contributed by atoms with Crippen LogP contribution in [0.2, 0.25) is 0 Å². The van der Waals surface area contributed by atoms with E-state index in [1.807, 2.05) is 4.90 Å². The smallest absolute Gasteiger partial charge is 0.409 e. The molecule has 0 radical (unpaired) electrons. The van der Waals surface area contributed by atoms with Crippen LogP contribution in [0.5, 0.6) is 0 Å². The molecule has 0 unspecified atom stereocenters. The van der Waals surface area contributed by atoms with Gasteiger partial charge in [0.2, 0.25) is 0 Å². The van der Waals surface area contributed by atoms with Crippen LogP contribution in [0.15, 0.2) is 47.4 Å². The molecule has 0 saturated carbocycles. The van der Waals surface area contributed by atoms with Gasteiger partial charge in [0.05, 0.1) is 22.8 Å². The summed E-state index contributed by atoms with van der Waals surface area (Å²) in [6.45, 7) is 4.96. The number of carbonyl (C=O) groups is 3. The third-order valence-electron chi connectivity index (χ3n) is 5.20. The van der Waals surface area contributed by atoms with Crippen LogP contribution in [0, 0.1) is 0 Å². The Labute approximate surface area is 191 Å². The van der Waals surface area contributed by atoms with E-state index in [1.165, 1.54) is 43.3 Å². The van der Waals surface area contributed by atoms with E-state index in [4.69, 9.17) is 4.74 Å². The van der Waals surface area contributed by atoms with E-state index in [0.29, 0.717) is 37.4 Å². The Hall–Kier alpha value is -3.60. The van der Waals surface area contributed by atoms with E-state index >= 15 is 0 Å². The van der Waals surface area contributed by atoms with Crippen LogP contribution in [0.25, 0.3) is 0 Å². The number of amides is 1. The molecule has 176 valence electrons. The lowest BCUT2D eigenvalue weighted by Gasteiger charge is -2.36. The van der Waals surface area contributed by atoms with Crippen molar-refractivity contribution in [2.24, 2.45) is 0 Å². The van der Waals surface area contributed by atoms with Crippen molar-refractivity contribution in [1.82, 2.24) is 4.90 Å². The van der Waals surface area contributed by atoms with E-state index in [-0.39, 0.29) is 28.5 Å². The van der Waals surface area contributed by atoms with Crippen LogP contribution in [0.3, 0.4) is 0 Å². The zero-order valence-corrected chi connectivity index (χ0v) is 19.1. The first-order valence-corrected chi connectivity index (χ1v) is 11.8. The van der Waals surface area contributed by atoms with Crippen molar-refractivity contribution in [1.29, 1.82) is 0 Å². The second-order valence-electron chi connectivity index (χ2n) is 7.40. The summed E-state index contributed by atoms with van der Waals surface area (Å²) in [5.41, 5.74) is 0.845. The van der Waals surface area contributed by atoms with E-state index < -0.39 is 22.1 Å². The number of nitrogens with one attached hydrogen (secondary N) is 1. The largest absolute Gasteiger partial charge is 0.478 e. The molecule has 2 aromatic rings. The van der Waals surface area contributed by atoms with Crippen LogP contribution in [-0.4, -0.2) is 69.1 Å². The highest BCUT2D eigenvalue weighted by Gasteiger charge is 2.25. The molecule has 2 N–H and O–H groups in total. The third-order valence-corrected chi connectivity index (χ3v) is 6.59. The van der Waals surface area contributed by atoms with Crippen molar-refractivity contribution < 1.29 is 32.6 Å². The number of nitrogens with zero attached hydrogens (tertiary/aromatic N) is 2. The molecule has 1 fully saturated rings. The predicted molar refractivity (Wildman–Crippen MR) is 121 cm³/mol. The number of carboxylic acids is 1. The summed E-state index contributed by atoms with van der Waals surface area (Å²) >= 11 is 0. The summed E-state index contributed by atoms with van der Waals surface area (Å²) in [6, 6.07) is 9.75. The lowest BCUT2D eigenvalue weighted by molar-refractivity contribution is 0.0696. The summed E-state index contributed by atoms with van der Waals surface area (Å²) in [6.07, 6.45) is -0.406. The standard InChI is InChI=1S/C22H25N3O7S/c1-3-32-22(29)25-12-10-24(11-13-25)20-9-6-17(14-19(20)21(27)28)23-33(30,31)18-7-4-16(5-8-18)15(2)26/h4-9,14,23H,3,10-13H2,1-2H3,(H,27,28). The fourth-order valence-corrected chi connectivity index (χ4v) is 4.52. The van der Waals surface area contributed by atoms with Gasteiger partial charge in [0.1, 0.15) is 0 Å². The van der Waals surface area contributed by atoms with Crippen LogP contribution in [0.1, 0.15) is 34.6 Å². The van der Waals surface area contributed by atoms with Crippen molar-refractivity contribution in [2.45, 2.75) is 18.7 Å². The van der Waals surface area contributed by atoms with Gasteiger partial charge >= 0.3 is 12.1 Å². The van der Waals surface area contributed by atoms with Gasteiger partial charge in [-0.25, -0.2) is 18.0 Å². The highest BCUT2D eigenvalue weighted by Crippen LogP contribution is 2.27. The Morgan fingerprint density at radius 2 is 1.67 bits per heavy atom. The highest BCUT2D eigenvalue weighted by atomic mass is 32.2. The minimum Gasteiger partial charge on any atom is -0.478 e. The Bertz CT molecular complexity index is 1160. The van der Waals surface area contributed by atoms with Crippen LogP contribution < -0.4 is 9.62 Å². The number of carboxylic acid groups (broad SMARTS) is 1. The fourth-order valence-electron chi connectivity index (χ4n) is 3.47. The lowest BCUT2D eigenvalue weighted by atomic mass is 10.1. The topological polar surface area (TPSA) is 133 Å². The van der Waals surface area contributed by atoms with Gasteiger partial charge in [-0.2, -0.15) is 0 Å². The van der Waals surface area contributed by atoms with Gasteiger partial charge in [-0.3, -0.25) is 9.52 Å². The summed E-state index contributed by atoms with van der Waals surface area (Å²) in [5, 5.41) is 9.71. The van der Waals surface area contributed by atoms with Crippen LogP contribution >= 0.6 is 0 Å². The number of hydrogen-bond acceptors (Lipinski definition) is 7. The predicted octanol–water partition coefficient (Wildman–Crippen LogP) is 2.67. The zero-order chi connectivity index (χ0) is 24.2. The van der Waals surface area contributed by atoms with Gasteiger partial charge in [0.25, 0.3) is 10.0 Å². The summed E-state index contributed by atoms with van der Waals surface area (Å²) in [5.74, 6) is -1.39.